The highest BCUT2D eigenvalue weighted by Crippen LogP contribution is 2.29. The quantitative estimate of drug-likeness (QED) is 0.842. The minimum atomic E-state index is 0.197. The molecule has 2 N–H and O–H groups in total. The number of nitrogens with one attached hydrogen (secondary N) is 2. The maximum absolute atomic E-state index is 6.05. The van der Waals surface area contributed by atoms with Crippen molar-refractivity contribution < 1.29 is 4.74 Å². The van der Waals surface area contributed by atoms with Crippen LogP contribution in [0.4, 0.5) is 5.69 Å². The third kappa shape index (κ3) is 3.52. The Labute approximate surface area is 135 Å². The van der Waals surface area contributed by atoms with E-state index in [0.29, 0.717) is 18.2 Å². The van der Waals surface area contributed by atoms with Gasteiger partial charge in [0.15, 0.2) is 5.96 Å². The van der Waals surface area contributed by atoms with Crippen LogP contribution in [0.5, 0.6) is 5.75 Å². The number of hydrogen-bond donors (Lipinski definition) is 2. The molecule has 1 unspecified atom stereocenters. The predicted octanol–water partition coefficient (Wildman–Crippen LogP) is 3.85. The molecule has 0 bridgehead atoms. The second-order valence-electron chi connectivity index (χ2n) is 5.11. The van der Waals surface area contributed by atoms with E-state index in [0.717, 1.165) is 17.4 Å². The average molecular weight is 316 g/mol. The summed E-state index contributed by atoms with van der Waals surface area (Å²) in [6, 6.07) is 15.8. The van der Waals surface area contributed by atoms with E-state index in [1.165, 1.54) is 5.56 Å². The van der Waals surface area contributed by atoms with Crippen LogP contribution in [0.3, 0.4) is 0 Å². The molecule has 0 spiro atoms. The number of halogens is 1. The third-order valence-corrected chi connectivity index (χ3v) is 3.70. The Hall–Kier alpha value is -2.20. The lowest BCUT2D eigenvalue weighted by Crippen LogP contribution is -2.38. The van der Waals surface area contributed by atoms with Gasteiger partial charge in [0.05, 0.1) is 12.6 Å². The summed E-state index contributed by atoms with van der Waals surface area (Å²) in [6.45, 7) is 3.21. The number of nitrogens with zero attached hydrogens (tertiary/aromatic N) is 1. The molecule has 0 aromatic heterocycles. The van der Waals surface area contributed by atoms with Gasteiger partial charge < -0.3 is 15.4 Å². The molecular formula is C17H18ClN3O. The van der Waals surface area contributed by atoms with Gasteiger partial charge in [0.25, 0.3) is 0 Å². The molecule has 0 saturated heterocycles. The van der Waals surface area contributed by atoms with E-state index in [2.05, 4.69) is 22.5 Å². The Bertz CT molecular complexity index is 673. The highest BCUT2D eigenvalue weighted by atomic mass is 35.5. The number of guanidine groups is 1. The summed E-state index contributed by atoms with van der Waals surface area (Å²) >= 11 is 6.05. The van der Waals surface area contributed by atoms with E-state index in [1.54, 1.807) is 0 Å². The molecule has 1 heterocycles. The molecule has 22 heavy (non-hydrogen) atoms. The number of benzene rings is 2. The standard InChI is InChI=1S/C17H18ClN3O/c1-12-15-8-7-13(18)11-16(15)21-17(20-12)19-9-10-22-14-5-3-2-4-6-14/h2-8,11-12H,9-10H2,1H3,(H2,19,20,21). The van der Waals surface area contributed by atoms with Crippen LogP contribution < -0.4 is 15.4 Å². The monoisotopic (exact) mass is 315 g/mol. The van der Waals surface area contributed by atoms with Crippen molar-refractivity contribution in [2.24, 2.45) is 4.99 Å². The van der Waals surface area contributed by atoms with E-state index >= 15 is 0 Å². The van der Waals surface area contributed by atoms with Gasteiger partial charge >= 0.3 is 0 Å². The fourth-order valence-corrected chi connectivity index (χ4v) is 2.56. The zero-order chi connectivity index (χ0) is 15.4. The second kappa shape index (κ2) is 6.71. The number of rotatable bonds is 4. The van der Waals surface area contributed by atoms with Crippen molar-refractivity contribution in [1.82, 2.24) is 5.32 Å². The topological polar surface area (TPSA) is 45.7 Å². The van der Waals surface area contributed by atoms with E-state index in [1.807, 2.05) is 48.5 Å². The summed E-state index contributed by atoms with van der Waals surface area (Å²) in [4.78, 5) is 4.50. The normalized spacial score (nSPS) is 18.3. The Morgan fingerprint density at radius 1 is 1.18 bits per heavy atom. The number of para-hydroxylation sites is 1. The Morgan fingerprint density at radius 3 is 2.82 bits per heavy atom. The van der Waals surface area contributed by atoms with Crippen molar-refractivity contribution in [3.63, 3.8) is 0 Å². The van der Waals surface area contributed by atoms with Crippen LogP contribution in [0, 0.1) is 0 Å². The van der Waals surface area contributed by atoms with Crippen molar-refractivity contribution in [3.8, 4) is 5.75 Å². The SMILES string of the molecule is CC1NC(=NCCOc2ccccc2)Nc2cc(Cl)ccc21. The molecule has 0 fully saturated rings. The first kappa shape index (κ1) is 14.7. The highest BCUT2D eigenvalue weighted by molar-refractivity contribution is 6.31. The minimum absolute atomic E-state index is 0.197. The minimum Gasteiger partial charge on any atom is -0.492 e. The molecule has 0 saturated carbocycles. The van der Waals surface area contributed by atoms with Crippen molar-refractivity contribution in [2.45, 2.75) is 13.0 Å². The molecule has 2 aromatic rings. The van der Waals surface area contributed by atoms with Crippen LogP contribution in [-0.2, 0) is 0 Å². The summed E-state index contributed by atoms with van der Waals surface area (Å²) in [6.07, 6.45) is 0. The molecule has 0 radical (unpaired) electrons. The maximum atomic E-state index is 6.05. The van der Waals surface area contributed by atoms with Crippen LogP contribution in [0.15, 0.2) is 53.5 Å². The van der Waals surface area contributed by atoms with Crippen LogP contribution >= 0.6 is 11.6 Å². The second-order valence-corrected chi connectivity index (χ2v) is 5.55. The van der Waals surface area contributed by atoms with Crippen molar-refractivity contribution in [1.29, 1.82) is 0 Å². The van der Waals surface area contributed by atoms with E-state index in [-0.39, 0.29) is 6.04 Å². The van der Waals surface area contributed by atoms with Gasteiger partial charge in [-0.15, -0.1) is 0 Å². The molecule has 1 aliphatic rings. The van der Waals surface area contributed by atoms with Crippen LogP contribution in [0.2, 0.25) is 5.02 Å². The molecule has 0 aliphatic carbocycles. The molecule has 5 heteroatoms. The summed E-state index contributed by atoms with van der Waals surface area (Å²) in [5.74, 6) is 1.61. The van der Waals surface area contributed by atoms with Crippen LogP contribution in [-0.4, -0.2) is 19.1 Å². The van der Waals surface area contributed by atoms with Crippen molar-refractivity contribution >= 4 is 23.2 Å². The zero-order valence-corrected chi connectivity index (χ0v) is 13.1. The molecular weight excluding hydrogens is 298 g/mol. The first-order valence-electron chi connectivity index (χ1n) is 7.28. The van der Waals surface area contributed by atoms with Gasteiger partial charge in [-0.3, -0.25) is 0 Å². The highest BCUT2D eigenvalue weighted by Gasteiger charge is 2.19. The number of ether oxygens (including phenoxy) is 1. The first-order chi connectivity index (χ1) is 10.7. The van der Waals surface area contributed by atoms with E-state index in [9.17, 15) is 0 Å². The average Bonchev–Trinajstić information content (AvgIpc) is 2.52. The van der Waals surface area contributed by atoms with E-state index in [4.69, 9.17) is 16.3 Å². The van der Waals surface area contributed by atoms with Gasteiger partial charge in [-0.25, -0.2) is 4.99 Å². The van der Waals surface area contributed by atoms with Gasteiger partial charge in [-0.05, 0) is 36.8 Å². The number of fused-ring (bicyclic) bond motifs is 1. The molecule has 3 rings (SSSR count). The Balaban J connectivity index is 1.59. The van der Waals surface area contributed by atoms with Gasteiger partial charge in [0.2, 0.25) is 0 Å². The lowest BCUT2D eigenvalue weighted by Gasteiger charge is -2.27. The number of aliphatic imine (C=N–C) groups is 1. The smallest absolute Gasteiger partial charge is 0.196 e. The van der Waals surface area contributed by atoms with Gasteiger partial charge in [0.1, 0.15) is 12.4 Å². The molecule has 0 amide bonds. The Morgan fingerprint density at radius 2 is 2.00 bits per heavy atom. The summed E-state index contributed by atoms with van der Waals surface area (Å²) in [5, 5.41) is 7.31. The fourth-order valence-electron chi connectivity index (χ4n) is 2.38. The van der Waals surface area contributed by atoms with Crippen molar-refractivity contribution in [2.75, 3.05) is 18.5 Å². The predicted molar refractivity (Wildman–Crippen MR) is 90.9 cm³/mol. The lowest BCUT2D eigenvalue weighted by atomic mass is 10.0. The van der Waals surface area contributed by atoms with Gasteiger partial charge in [-0.2, -0.15) is 0 Å². The number of hydrogen-bond acceptors (Lipinski definition) is 2. The van der Waals surface area contributed by atoms with Crippen LogP contribution in [0.25, 0.3) is 0 Å². The van der Waals surface area contributed by atoms with Gasteiger partial charge in [0, 0.05) is 10.7 Å². The van der Waals surface area contributed by atoms with Gasteiger partial charge in [-0.1, -0.05) is 35.9 Å². The molecule has 1 atom stereocenters. The van der Waals surface area contributed by atoms with E-state index < -0.39 is 0 Å². The molecule has 2 aromatic carbocycles. The van der Waals surface area contributed by atoms with Crippen molar-refractivity contribution in [3.05, 3.63) is 59.1 Å². The fraction of sp³-hybridized carbons (Fsp3) is 0.235. The number of anilines is 1. The first-order valence-corrected chi connectivity index (χ1v) is 7.65. The lowest BCUT2D eigenvalue weighted by molar-refractivity contribution is 0.328. The zero-order valence-electron chi connectivity index (χ0n) is 12.3. The summed E-state index contributed by atoms with van der Waals surface area (Å²) in [7, 11) is 0. The third-order valence-electron chi connectivity index (χ3n) is 3.46. The molecule has 1 aliphatic heterocycles. The maximum Gasteiger partial charge on any atom is 0.196 e. The summed E-state index contributed by atoms with van der Waals surface area (Å²) < 4.78 is 5.63. The van der Waals surface area contributed by atoms with Crippen LogP contribution in [0.1, 0.15) is 18.5 Å². The summed E-state index contributed by atoms with van der Waals surface area (Å²) in [5.41, 5.74) is 2.19. The molecule has 114 valence electrons. The molecule has 4 nitrogen and oxygen atoms in total. The largest absolute Gasteiger partial charge is 0.492 e. The Kier molecular flexibility index (Phi) is 4.49.